The van der Waals surface area contributed by atoms with Crippen LogP contribution in [0.5, 0.6) is 0 Å². The van der Waals surface area contributed by atoms with Crippen molar-refractivity contribution in [1.29, 1.82) is 0 Å². The summed E-state index contributed by atoms with van der Waals surface area (Å²) in [6.45, 7) is 5.31. The highest BCUT2D eigenvalue weighted by molar-refractivity contribution is 6.30. The van der Waals surface area contributed by atoms with E-state index in [1.54, 1.807) is 29.2 Å². The Labute approximate surface area is 153 Å². The first-order valence-electron chi connectivity index (χ1n) is 8.44. The first-order valence-corrected chi connectivity index (χ1v) is 8.82. The lowest BCUT2D eigenvalue weighted by molar-refractivity contribution is -0.142. The maximum Gasteiger partial charge on any atom is 0.330 e. The number of nitrogens with one attached hydrogen (secondary N) is 1. The van der Waals surface area contributed by atoms with Gasteiger partial charge in [-0.1, -0.05) is 37.6 Å². The molecule has 1 unspecified atom stereocenters. The van der Waals surface area contributed by atoms with Crippen LogP contribution in [0.3, 0.4) is 0 Å². The SMILES string of the molecule is CCCN(CCC)C(=O)CCC(=O)NC(C(=O)O)c1ccc(Cl)cc1. The van der Waals surface area contributed by atoms with E-state index >= 15 is 0 Å². The van der Waals surface area contributed by atoms with Gasteiger partial charge < -0.3 is 15.3 Å². The summed E-state index contributed by atoms with van der Waals surface area (Å²) in [6.07, 6.45) is 1.74. The number of hydrogen-bond acceptors (Lipinski definition) is 3. The monoisotopic (exact) mass is 368 g/mol. The lowest BCUT2D eigenvalue weighted by atomic mass is 10.1. The zero-order chi connectivity index (χ0) is 18.8. The fourth-order valence-corrected chi connectivity index (χ4v) is 2.58. The number of carbonyl (C=O) groups excluding carboxylic acids is 2. The van der Waals surface area contributed by atoms with Gasteiger partial charge in [0.15, 0.2) is 6.04 Å². The standard InChI is InChI=1S/C18H25ClN2O4/c1-3-11-21(12-4-2)16(23)10-9-15(22)20-17(18(24)25)13-5-7-14(19)8-6-13/h5-8,17H,3-4,9-12H2,1-2H3,(H,20,22)(H,24,25). The van der Waals surface area contributed by atoms with Crippen LogP contribution in [0.1, 0.15) is 51.1 Å². The third-order valence-electron chi connectivity index (χ3n) is 3.66. The molecule has 0 saturated heterocycles. The molecule has 0 aliphatic carbocycles. The molecule has 0 aliphatic rings. The van der Waals surface area contributed by atoms with E-state index in [1.165, 1.54) is 0 Å². The second-order valence-corrected chi connectivity index (χ2v) is 6.21. The summed E-state index contributed by atoms with van der Waals surface area (Å²) in [5, 5.41) is 12.3. The Morgan fingerprint density at radius 3 is 2.12 bits per heavy atom. The maximum atomic E-state index is 12.2. The number of carboxylic acids is 1. The molecule has 6 nitrogen and oxygen atoms in total. The molecule has 0 radical (unpaired) electrons. The van der Waals surface area contributed by atoms with Crippen LogP contribution >= 0.6 is 11.6 Å². The third kappa shape index (κ3) is 7.13. The van der Waals surface area contributed by atoms with E-state index < -0.39 is 17.9 Å². The lowest BCUT2D eigenvalue weighted by Crippen LogP contribution is -2.36. The van der Waals surface area contributed by atoms with Gasteiger partial charge in [-0.3, -0.25) is 9.59 Å². The molecule has 0 aromatic heterocycles. The van der Waals surface area contributed by atoms with Crippen LogP contribution in [0.2, 0.25) is 5.02 Å². The normalized spacial score (nSPS) is 11.6. The van der Waals surface area contributed by atoms with Crippen LogP contribution in [-0.4, -0.2) is 40.9 Å². The number of aliphatic carboxylic acids is 1. The van der Waals surface area contributed by atoms with Crippen LogP contribution < -0.4 is 5.32 Å². The number of halogens is 1. The van der Waals surface area contributed by atoms with Gasteiger partial charge in [0.2, 0.25) is 11.8 Å². The highest BCUT2D eigenvalue weighted by Gasteiger charge is 2.22. The molecular formula is C18H25ClN2O4. The quantitative estimate of drug-likeness (QED) is 0.664. The number of nitrogens with zero attached hydrogens (tertiary/aromatic N) is 1. The van der Waals surface area contributed by atoms with Gasteiger partial charge in [-0.15, -0.1) is 0 Å². The first kappa shape index (κ1) is 21.0. The summed E-state index contributed by atoms with van der Waals surface area (Å²) in [4.78, 5) is 37.4. The maximum absolute atomic E-state index is 12.2. The number of hydrogen-bond donors (Lipinski definition) is 2. The van der Waals surface area contributed by atoms with Crippen LogP contribution in [0.4, 0.5) is 0 Å². The molecule has 1 atom stereocenters. The van der Waals surface area contributed by atoms with E-state index in [-0.39, 0.29) is 18.7 Å². The largest absolute Gasteiger partial charge is 0.479 e. The van der Waals surface area contributed by atoms with Crippen molar-refractivity contribution in [3.8, 4) is 0 Å². The van der Waals surface area contributed by atoms with Crippen molar-refractivity contribution >= 4 is 29.4 Å². The highest BCUT2D eigenvalue weighted by Crippen LogP contribution is 2.17. The van der Waals surface area contributed by atoms with Gasteiger partial charge in [0, 0.05) is 31.0 Å². The molecular weight excluding hydrogens is 344 g/mol. The molecule has 2 N–H and O–H groups in total. The predicted molar refractivity (Wildman–Crippen MR) is 96.4 cm³/mol. The summed E-state index contributed by atoms with van der Waals surface area (Å²) in [5.74, 6) is -1.72. The third-order valence-corrected chi connectivity index (χ3v) is 3.91. The van der Waals surface area contributed by atoms with Crippen molar-refractivity contribution in [1.82, 2.24) is 10.2 Å². The highest BCUT2D eigenvalue weighted by atomic mass is 35.5. The Morgan fingerprint density at radius 2 is 1.64 bits per heavy atom. The minimum Gasteiger partial charge on any atom is -0.479 e. The van der Waals surface area contributed by atoms with Crippen molar-refractivity contribution in [3.05, 3.63) is 34.9 Å². The number of benzene rings is 1. The molecule has 0 heterocycles. The van der Waals surface area contributed by atoms with Gasteiger partial charge in [-0.05, 0) is 30.5 Å². The first-order chi connectivity index (χ1) is 11.9. The van der Waals surface area contributed by atoms with E-state index in [4.69, 9.17) is 11.6 Å². The van der Waals surface area contributed by atoms with Gasteiger partial charge in [0.25, 0.3) is 0 Å². The molecule has 0 spiro atoms. The van der Waals surface area contributed by atoms with Gasteiger partial charge >= 0.3 is 5.97 Å². The zero-order valence-electron chi connectivity index (χ0n) is 14.6. The van der Waals surface area contributed by atoms with Gasteiger partial charge in [-0.2, -0.15) is 0 Å². The Bertz CT molecular complexity index is 583. The average molecular weight is 369 g/mol. The van der Waals surface area contributed by atoms with E-state index in [2.05, 4.69) is 5.32 Å². The van der Waals surface area contributed by atoms with Gasteiger partial charge in [0.1, 0.15) is 0 Å². The number of carboxylic acid groups (broad SMARTS) is 1. The van der Waals surface area contributed by atoms with Crippen molar-refractivity contribution in [2.24, 2.45) is 0 Å². The Kier molecular flexibility index (Phi) is 8.99. The second kappa shape index (κ2) is 10.7. The summed E-state index contributed by atoms with van der Waals surface area (Å²) in [5.41, 5.74) is 0.426. The molecule has 0 bridgehead atoms. The summed E-state index contributed by atoms with van der Waals surface area (Å²) in [6, 6.07) is 5.07. The van der Waals surface area contributed by atoms with Gasteiger partial charge in [0.05, 0.1) is 0 Å². The number of amides is 2. The second-order valence-electron chi connectivity index (χ2n) is 5.77. The Morgan fingerprint density at radius 1 is 1.08 bits per heavy atom. The van der Waals surface area contributed by atoms with Crippen molar-refractivity contribution in [2.45, 2.75) is 45.6 Å². The Hall–Kier alpha value is -2.08. The average Bonchev–Trinajstić information content (AvgIpc) is 2.58. The van der Waals surface area contributed by atoms with E-state index in [1.807, 2.05) is 13.8 Å². The number of carbonyl (C=O) groups is 3. The molecule has 7 heteroatoms. The van der Waals surface area contributed by atoms with Crippen LogP contribution in [0, 0.1) is 0 Å². The molecule has 1 aromatic rings. The molecule has 0 saturated carbocycles. The minimum absolute atomic E-state index is 0.0415. The fourth-order valence-electron chi connectivity index (χ4n) is 2.46. The molecule has 0 aliphatic heterocycles. The van der Waals surface area contributed by atoms with Crippen LogP contribution in [0.15, 0.2) is 24.3 Å². The molecule has 1 rings (SSSR count). The van der Waals surface area contributed by atoms with Crippen molar-refractivity contribution in [2.75, 3.05) is 13.1 Å². The van der Waals surface area contributed by atoms with E-state index in [0.717, 1.165) is 12.8 Å². The van der Waals surface area contributed by atoms with Gasteiger partial charge in [-0.25, -0.2) is 4.79 Å². The minimum atomic E-state index is -1.17. The lowest BCUT2D eigenvalue weighted by Gasteiger charge is -2.21. The van der Waals surface area contributed by atoms with Crippen LogP contribution in [-0.2, 0) is 14.4 Å². The predicted octanol–water partition coefficient (Wildman–Crippen LogP) is 3.01. The summed E-state index contributed by atoms with van der Waals surface area (Å²) in [7, 11) is 0. The molecule has 2 amide bonds. The van der Waals surface area contributed by atoms with E-state index in [0.29, 0.717) is 23.7 Å². The molecule has 1 aromatic carbocycles. The van der Waals surface area contributed by atoms with E-state index in [9.17, 15) is 19.5 Å². The van der Waals surface area contributed by atoms with Crippen LogP contribution in [0.25, 0.3) is 0 Å². The van der Waals surface area contributed by atoms with Crippen molar-refractivity contribution in [3.63, 3.8) is 0 Å². The fraction of sp³-hybridized carbons (Fsp3) is 0.500. The smallest absolute Gasteiger partial charge is 0.330 e. The zero-order valence-corrected chi connectivity index (χ0v) is 15.4. The summed E-state index contributed by atoms with van der Waals surface area (Å²) < 4.78 is 0. The topological polar surface area (TPSA) is 86.7 Å². The Balaban J connectivity index is 2.62. The molecule has 25 heavy (non-hydrogen) atoms. The molecule has 138 valence electrons. The summed E-state index contributed by atoms with van der Waals surface area (Å²) >= 11 is 5.79. The number of rotatable bonds is 10. The molecule has 0 fully saturated rings. The van der Waals surface area contributed by atoms with Crippen molar-refractivity contribution < 1.29 is 19.5 Å².